The van der Waals surface area contributed by atoms with Crippen LogP contribution in [0.1, 0.15) is 12.0 Å². The Morgan fingerprint density at radius 3 is 2.69 bits per heavy atom. The van der Waals surface area contributed by atoms with E-state index in [-0.39, 0.29) is 9.52 Å². The Balaban J connectivity index is 2.25. The molecule has 0 radical (unpaired) electrons. The van der Waals surface area contributed by atoms with Crippen LogP contribution in [0, 0.1) is 0 Å². The SMILES string of the molecule is BrCCC[SiH2]C=Cc1ccccc1. The van der Waals surface area contributed by atoms with Gasteiger partial charge in [0.2, 0.25) is 0 Å². The normalized spacial score (nSPS) is 11.8. The largest absolute Gasteiger partial charge is 0.101 e. The smallest absolute Gasteiger partial charge is 0.0454 e. The van der Waals surface area contributed by atoms with E-state index in [1.54, 1.807) is 0 Å². The standard InChI is InChI=1S/C11H15BrSi/c12-8-4-9-13-10-7-11-5-2-1-3-6-11/h1-3,5-7,10H,4,8-9,13H2. The Labute approximate surface area is 91.0 Å². The zero-order valence-corrected chi connectivity index (χ0v) is 10.7. The molecule has 0 aliphatic carbocycles. The summed E-state index contributed by atoms with van der Waals surface area (Å²) < 4.78 is 0. The van der Waals surface area contributed by atoms with Gasteiger partial charge in [-0.1, -0.05) is 58.4 Å². The Morgan fingerprint density at radius 1 is 1.23 bits per heavy atom. The molecule has 70 valence electrons. The van der Waals surface area contributed by atoms with Crippen LogP contribution in [0.2, 0.25) is 6.04 Å². The summed E-state index contributed by atoms with van der Waals surface area (Å²) in [7, 11) is 0.0459. The Bertz CT molecular complexity index is 244. The Kier molecular flexibility index (Phi) is 5.86. The maximum atomic E-state index is 3.44. The fourth-order valence-corrected chi connectivity index (χ4v) is 3.48. The van der Waals surface area contributed by atoms with Crippen LogP contribution in [0.15, 0.2) is 36.0 Å². The van der Waals surface area contributed by atoms with Gasteiger partial charge in [-0.05, 0) is 12.0 Å². The summed E-state index contributed by atoms with van der Waals surface area (Å²) in [6, 6.07) is 11.9. The summed E-state index contributed by atoms with van der Waals surface area (Å²) in [4.78, 5) is 0. The van der Waals surface area contributed by atoms with Crippen LogP contribution < -0.4 is 0 Å². The lowest BCUT2D eigenvalue weighted by Gasteiger charge is -1.91. The third-order valence-electron chi connectivity index (χ3n) is 1.86. The van der Waals surface area contributed by atoms with Gasteiger partial charge in [-0.2, -0.15) is 0 Å². The molecule has 13 heavy (non-hydrogen) atoms. The van der Waals surface area contributed by atoms with Gasteiger partial charge in [0.1, 0.15) is 0 Å². The molecule has 0 N–H and O–H groups in total. The van der Waals surface area contributed by atoms with Crippen molar-refractivity contribution in [3.05, 3.63) is 41.6 Å². The summed E-state index contributed by atoms with van der Waals surface area (Å²) >= 11 is 3.44. The molecule has 0 spiro atoms. The molecule has 2 heteroatoms. The van der Waals surface area contributed by atoms with Gasteiger partial charge in [-0.25, -0.2) is 0 Å². The highest BCUT2D eigenvalue weighted by Gasteiger charge is 1.84. The quantitative estimate of drug-likeness (QED) is 0.431. The molecule has 0 aliphatic heterocycles. The van der Waals surface area contributed by atoms with Crippen molar-refractivity contribution in [3.63, 3.8) is 0 Å². The van der Waals surface area contributed by atoms with Gasteiger partial charge in [0.05, 0.1) is 0 Å². The molecule has 0 atom stereocenters. The highest BCUT2D eigenvalue weighted by molar-refractivity contribution is 9.09. The van der Waals surface area contributed by atoms with Crippen molar-refractivity contribution in [3.8, 4) is 0 Å². The first-order chi connectivity index (χ1) is 6.43. The first kappa shape index (κ1) is 10.7. The summed E-state index contributed by atoms with van der Waals surface area (Å²) in [5, 5.41) is 1.15. The zero-order chi connectivity index (χ0) is 9.36. The maximum absolute atomic E-state index is 3.44. The lowest BCUT2D eigenvalue weighted by molar-refractivity contribution is 1.11. The monoisotopic (exact) mass is 254 g/mol. The number of halogens is 1. The number of benzene rings is 1. The predicted octanol–water partition coefficient (Wildman–Crippen LogP) is 3.03. The van der Waals surface area contributed by atoms with Crippen LogP contribution in [-0.2, 0) is 0 Å². The van der Waals surface area contributed by atoms with E-state index in [4.69, 9.17) is 0 Å². The second-order valence-corrected chi connectivity index (χ2v) is 5.55. The molecule has 0 saturated carbocycles. The maximum Gasteiger partial charge on any atom is 0.0454 e. The van der Waals surface area contributed by atoms with Gasteiger partial charge in [0.25, 0.3) is 0 Å². The lowest BCUT2D eigenvalue weighted by atomic mass is 10.2. The highest BCUT2D eigenvalue weighted by Crippen LogP contribution is 2.01. The number of hydrogen-bond acceptors (Lipinski definition) is 0. The van der Waals surface area contributed by atoms with Crippen molar-refractivity contribution in [1.29, 1.82) is 0 Å². The number of hydrogen-bond donors (Lipinski definition) is 0. The predicted molar refractivity (Wildman–Crippen MR) is 67.2 cm³/mol. The molecule has 0 saturated heterocycles. The Hall–Kier alpha value is -0.343. The van der Waals surface area contributed by atoms with E-state index >= 15 is 0 Å². The van der Waals surface area contributed by atoms with Crippen molar-refractivity contribution in [1.82, 2.24) is 0 Å². The molecule has 1 rings (SSSR count). The van der Waals surface area contributed by atoms with Gasteiger partial charge >= 0.3 is 0 Å². The number of rotatable bonds is 5. The molecule has 0 aliphatic rings. The molecule has 1 aromatic carbocycles. The minimum Gasteiger partial charge on any atom is -0.101 e. The molecular formula is C11H15BrSi. The third-order valence-corrected chi connectivity index (χ3v) is 3.90. The summed E-state index contributed by atoms with van der Waals surface area (Å²) in [6.45, 7) is 0. The van der Waals surface area contributed by atoms with Crippen LogP contribution in [0.4, 0.5) is 0 Å². The first-order valence-corrected chi connectivity index (χ1v) is 7.65. The van der Waals surface area contributed by atoms with Crippen molar-refractivity contribution in [2.45, 2.75) is 12.5 Å². The van der Waals surface area contributed by atoms with E-state index in [9.17, 15) is 0 Å². The second-order valence-electron chi connectivity index (χ2n) is 3.00. The van der Waals surface area contributed by atoms with E-state index in [0.29, 0.717) is 0 Å². The van der Waals surface area contributed by atoms with Crippen molar-refractivity contribution in [2.24, 2.45) is 0 Å². The van der Waals surface area contributed by atoms with Crippen LogP contribution in [-0.4, -0.2) is 14.8 Å². The van der Waals surface area contributed by atoms with Crippen molar-refractivity contribution < 1.29 is 0 Å². The summed E-state index contributed by atoms with van der Waals surface area (Å²) in [5.41, 5.74) is 3.71. The van der Waals surface area contributed by atoms with E-state index < -0.39 is 0 Å². The number of alkyl halides is 1. The zero-order valence-electron chi connectivity index (χ0n) is 7.75. The van der Waals surface area contributed by atoms with Gasteiger partial charge in [0, 0.05) is 14.8 Å². The van der Waals surface area contributed by atoms with Crippen LogP contribution in [0.25, 0.3) is 6.08 Å². The fourth-order valence-electron chi connectivity index (χ4n) is 1.14. The topological polar surface area (TPSA) is 0 Å². The first-order valence-electron chi connectivity index (χ1n) is 4.71. The van der Waals surface area contributed by atoms with Crippen LogP contribution in [0.3, 0.4) is 0 Å². The van der Waals surface area contributed by atoms with Gasteiger partial charge in [0.15, 0.2) is 0 Å². The van der Waals surface area contributed by atoms with E-state index in [0.717, 1.165) is 5.33 Å². The molecule has 0 unspecified atom stereocenters. The minimum absolute atomic E-state index is 0.0459. The van der Waals surface area contributed by atoms with E-state index in [1.807, 2.05) is 0 Å². The summed E-state index contributed by atoms with van der Waals surface area (Å²) in [5.74, 6) is 0. The van der Waals surface area contributed by atoms with Crippen molar-refractivity contribution in [2.75, 3.05) is 5.33 Å². The molecule has 0 fully saturated rings. The van der Waals surface area contributed by atoms with Crippen LogP contribution >= 0.6 is 15.9 Å². The van der Waals surface area contributed by atoms with Crippen molar-refractivity contribution >= 4 is 31.5 Å². The van der Waals surface area contributed by atoms with Crippen LogP contribution in [0.5, 0.6) is 0 Å². The molecule has 0 heterocycles. The average Bonchev–Trinajstić information content (AvgIpc) is 2.19. The molecule has 0 aromatic heterocycles. The lowest BCUT2D eigenvalue weighted by Crippen LogP contribution is -1.84. The highest BCUT2D eigenvalue weighted by atomic mass is 79.9. The summed E-state index contributed by atoms with van der Waals surface area (Å²) in [6.07, 6.45) is 3.58. The molecule has 0 nitrogen and oxygen atoms in total. The van der Waals surface area contributed by atoms with Gasteiger partial charge < -0.3 is 0 Å². The molecule has 0 amide bonds. The van der Waals surface area contributed by atoms with E-state index in [2.05, 4.69) is 58.0 Å². The van der Waals surface area contributed by atoms with Gasteiger partial charge in [-0.15, -0.1) is 5.70 Å². The molecule has 1 aromatic rings. The van der Waals surface area contributed by atoms with E-state index in [1.165, 1.54) is 18.0 Å². The molecular weight excluding hydrogens is 240 g/mol. The van der Waals surface area contributed by atoms with Gasteiger partial charge in [-0.3, -0.25) is 0 Å². The minimum atomic E-state index is 0.0459. The molecule has 0 bridgehead atoms. The second kappa shape index (κ2) is 7.10. The third kappa shape index (κ3) is 5.06. The Morgan fingerprint density at radius 2 is 2.00 bits per heavy atom. The average molecular weight is 255 g/mol. The fraction of sp³-hybridized carbons (Fsp3) is 0.273.